The highest BCUT2D eigenvalue weighted by molar-refractivity contribution is 6.30. The second kappa shape index (κ2) is 6.49. The van der Waals surface area contributed by atoms with Gasteiger partial charge in [-0.25, -0.2) is 0 Å². The monoisotopic (exact) mass is 294 g/mol. The molecule has 0 fully saturated rings. The summed E-state index contributed by atoms with van der Waals surface area (Å²) in [4.78, 5) is 11.9. The van der Waals surface area contributed by atoms with Crippen molar-refractivity contribution in [1.29, 1.82) is 0 Å². The van der Waals surface area contributed by atoms with Crippen LogP contribution in [0.2, 0.25) is 5.02 Å². The number of rotatable bonds is 5. The van der Waals surface area contributed by atoms with Gasteiger partial charge < -0.3 is 10.1 Å². The number of hydrogen-bond donors (Lipinski definition) is 2. The Balaban J connectivity index is 2.07. The van der Waals surface area contributed by atoms with Crippen LogP contribution >= 0.6 is 11.6 Å². The molecule has 6 nitrogen and oxygen atoms in total. The van der Waals surface area contributed by atoms with Crippen LogP contribution in [0.25, 0.3) is 0 Å². The second-order valence-electron chi connectivity index (χ2n) is 4.33. The van der Waals surface area contributed by atoms with Crippen molar-refractivity contribution in [2.24, 2.45) is 0 Å². The van der Waals surface area contributed by atoms with E-state index < -0.39 is 0 Å². The van der Waals surface area contributed by atoms with Gasteiger partial charge in [0.1, 0.15) is 6.10 Å². The molecular formula is C13H15ClN4O2. The smallest absolute Gasteiger partial charge is 0.273 e. The van der Waals surface area contributed by atoms with Gasteiger partial charge in [-0.1, -0.05) is 23.7 Å². The maximum atomic E-state index is 11.9. The van der Waals surface area contributed by atoms with Crippen LogP contribution in [0, 0.1) is 0 Å². The number of aromatic nitrogens is 3. The minimum atomic E-state index is -0.303. The van der Waals surface area contributed by atoms with Gasteiger partial charge in [-0.05, 0) is 24.6 Å². The molecule has 0 aliphatic carbocycles. The van der Waals surface area contributed by atoms with Gasteiger partial charge >= 0.3 is 0 Å². The third kappa shape index (κ3) is 3.34. The number of methoxy groups -OCH3 is 1. The zero-order valence-electron chi connectivity index (χ0n) is 11.1. The molecule has 1 heterocycles. The fourth-order valence-corrected chi connectivity index (χ4v) is 2.07. The molecule has 0 saturated carbocycles. The van der Waals surface area contributed by atoms with E-state index in [0.717, 1.165) is 5.56 Å². The predicted octanol–water partition coefficient (Wildman–Crippen LogP) is 1.96. The molecule has 1 aromatic carbocycles. The predicted molar refractivity (Wildman–Crippen MR) is 74.5 cm³/mol. The number of nitrogens with zero attached hydrogens (tertiary/aromatic N) is 2. The van der Waals surface area contributed by atoms with Gasteiger partial charge in [0, 0.05) is 12.1 Å². The van der Waals surface area contributed by atoms with Crippen LogP contribution in [0.4, 0.5) is 0 Å². The summed E-state index contributed by atoms with van der Waals surface area (Å²) in [7, 11) is 1.60. The number of amides is 1. The number of carbonyl (C=O) groups excluding carboxylic acids is 1. The van der Waals surface area contributed by atoms with Gasteiger partial charge in [-0.3, -0.25) is 4.79 Å². The maximum absolute atomic E-state index is 11.9. The van der Waals surface area contributed by atoms with Crippen LogP contribution in [0.3, 0.4) is 0 Å². The zero-order chi connectivity index (χ0) is 14.5. The summed E-state index contributed by atoms with van der Waals surface area (Å²) in [6, 6.07) is 7.08. The largest absolute Gasteiger partial charge is 0.375 e. The van der Waals surface area contributed by atoms with Crippen LogP contribution in [0.5, 0.6) is 0 Å². The Kier molecular flexibility index (Phi) is 4.70. The normalized spacial score (nSPS) is 13.8. The van der Waals surface area contributed by atoms with Crippen LogP contribution in [0.1, 0.15) is 29.1 Å². The Morgan fingerprint density at radius 3 is 2.65 bits per heavy atom. The minimum Gasteiger partial charge on any atom is -0.375 e. The number of carbonyl (C=O) groups is 1. The number of nitrogens with one attached hydrogen (secondary N) is 2. The molecule has 2 rings (SSSR count). The first-order valence-electron chi connectivity index (χ1n) is 6.06. The van der Waals surface area contributed by atoms with Crippen molar-refractivity contribution >= 4 is 17.5 Å². The molecule has 2 atom stereocenters. The SMILES string of the molecule is CO[C@@H](c1ccc(Cl)cc1)[C@@H](C)NC(=O)c1cn[nH]n1. The van der Waals surface area contributed by atoms with Crippen molar-refractivity contribution in [3.8, 4) is 0 Å². The Morgan fingerprint density at radius 1 is 1.40 bits per heavy atom. The topological polar surface area (TPSA) is 79.9 Å². The molecule has 0 saturated heterocycles. The van der Waals surface area contributed by atoms with E-state index in [1.807, 2.05) is 19.1 Å². The summed E-state index contributed by atoms with van der Waals surface area (Å²) in [6.45, 7) is 1.86. The molecule has 20 heavy (non-hydrogen) atoms. The fourth-order valence-electron chi connectivity index (χ4n) is 1.95. The van der Waals surface area contributed by atoms with Crippen LogP contribution in [-0.4, -0.2) is 34.5 Å². The van der Waals surface area contributed by atoms with Gasteiger partial charge in [-0.2, -0.15) is 15.4 Å². The quantitative estimate of drug-likeness (QED) is 0.883. The van der Waals surface area contributed by atoms with Gasteiger partial charge in [0.2, 0.25) is 0 Å². The van der Waals surface area contributed by atoms with Crippen molar-refractivity contribution in [2.75, 3.05) is 7.11 Å². The average molecular weight is 295 g/mol. The van der Waals surface area contributed by atoms with Crippen LogP contribution < -0.4 is 5.32 Å². The van der Waals surface area contributed by atoms with Gasteiger partial charge in [0.05, 0.1) is 12.2 Å². The zero-order valence-corrected chi connectivity index (χ0v) is 11.9. The summed E-state index contributed by atoms with van der Waals surface area (Å²) >= 11 is 5.86. The molecular weight excluding hydrogens is 280 g/mol. The van der Waals surface area contributed by atoms with E-state index in [1.54, 1.807) is 19.2 Å². The molecule has 2 N–H and O–H groups in total. The average Bonchev–Trinajstić information content (AvgIpc) is 2.96. The Labute approximate surface area is 121 Å². The summed E-state index contributed by atoms with van der Waals surface area (Å²) in [5, 5.41) is 13.2. The fraction of sp³-hybridized carbons (Fsp3) is 0.308. The first-order valence-corrected chi connectivity index (χ1v) is 6.44. The molecule has 0 unspecified atom stereocenters. The third-order valence-corrected chi connectivity index (χ3v) is 3.16. The van der Waals surface area contributed by atoms with Crippen molar-refractivity contribution in [3.63, 3.8) is 0 Å². The minimum absolute atomic E-state index is 0.231. The number of H-pyrrole nitrogens is 1. The Morgan fingerprint density at radius 2 is 2.10 bits per heavy atom. The first-order chi connectivity index (χ1) is 9.61. The lowest BCUT2D eigenvalue weighted by Crippen LogP contribution is -2.38. The lowest BCUT2D eigenvalue weighted by atomic mass is 10.0. The maximum Gasteiger partial charge on any atom is 0.273 e. The molecule has 0 bridgehead atoms. The molecule has 0 spiro atoms. The van der Waals surface area contributed by atoms with Crippen LogP contribution in [0.15, 0.2) is 30.5 Å². The van der Waals surface area contributed by atoms with Gasteiger partial charge in [0.15, 0.2) is 5.69 Å². The van der Waals surface area contributed by atoms with Crippen molar-refractivity contribution in [1.82, 2.24) is 20.7 Å². The van der Waals surface area contributed by atoms with Crippen molar-refractivity contribution < 1.29 is 9.53 Å². The molecule has 7 heteroatoms. The summed E-state index contributed by atoms with van der Waals surface area (Å²) in [5.74, 6) is -0.303. The number of ether oxygens (including phenoxy) is 1. The highest BCUT2D eigenvalue weighted by Crippen LogP contribution is 2.22. The third-order valence-electron chi connectivity index (χ3n) is 2.91. The summed E-state index contributed by atoms with van der Waals surface area (Å²) in [5.41, 5.74) is 1.17. The molecule has 2 aromatic rings. The highest BCUT2D eigenvalue weighted by Gasteiger charge is 2.22. The van der Waals surface area contributed by atoms with Crippen LogP contribution in [-0.2, 0) is 4.74 Å². The van der Waals surface area contributed by atoms with Gasteiger partial charge in [-0.15, -0.1) is 0 Å². The van der Waals surface area contributed by atoms with Crippen molar-refractivity contribution in [2.45, 2.75) is 19.1 Å². The molecule has 0 radical (unpaired) electrons. The lowest BCUT2D eigenvalue weighted by molar-refractivity contribution is 0.0642. The van der Waals surface area contributed by atoms with E-state index in [4.69, 9.17) is 16.3 Å². The molecule has 106 valence electrons. The lowest BCUT2D eigenvalue weighted by Gasteiger charge is -2.23. The van der Waals surface area contributed by atoms with E-state index in [2.05, 4.69) is 20.7 Å². The standard InChI is InChI=1S/C13H15ClN4O2/c1-8(16-13(19)11-7-15-18-17-11)12(20-2)9-3-5-10(14)6-4-9/h3-8,12H,1-2H3,(H,16,19)(H,15,17,18)/t8-,12-/m1/s1. The van der Waals surface area contributed by atoms with E-state index in [0.29, 0.717) is 5.02 Å². The molecule has 1 aromatic heterocycles. The second-order valence-corrected chi connectivity index (χ2v) is 4.76. The first kappa shape index (κ1) is 14.5. The summed E-state index contributed by atoms with van der Waals surface area (Å²) in [6.07, 6.45) is 1.09. The Bertz CT molecular complexity index is 556. The number of hydrogen-bond acceptors (Lipinski definition) is 4. The molecule has 0 aliphatic heterocycles. The Hall–Kier alpha value is -1.92. The number of benzene rings is 1. The van der Waals surface area contributed by atoms with E-state index in [-0.39, 0.29) is 23.7 Å². The summed E-state index contributed by atoms with van der Waals surface area (Å²) < 4.78 is 5.45. The van der Waals surface area contributed by atoms with E-state index >= 15 is 0 Å². The highest BCUT2D eigenvalue weighted by atomic mass is 35.5. The van der Waals surface area contributed by atoms with Crippen molar-refractivity contribution in [3.05, 3.63) is 46.7 Å². The molecule has 0 aliphatic rings. The molecule has 1 amide bonds. The van der Waals surface area contributed by atoms with Gasteiger partial charge in [0.25, 0.3) is 5.91 Å². The number of aromatic amines is 1. The van der Waals surface area contributed by atoms with E-state index in [9.17, 15) is 4.79 Å². The number of halogens is 1. The van der Waals surface area contributed by atoms with E-state index in [1.165, 1.54) is 6.20 Å².